The normalized spacial score (nSPS) is 31.4. The third-order valence-electron chi connectivity index (χ3n) is 6.61. The molecule has 0 unspecified atom stereocenters. The first-order valence-electron chi connectivity index (χ1n) is 8.23. The summed E-state index contributed by atoms with van der Waals surface area (Å²) in [6.07, 6.45) is 3.54. The molecule has 0 aliphatic heterocycles. The number of thiophene rings is 1. The van der Waals surface area contributed by atoms with Crippen LogP contribution < -0.4 is 5.32 Å². The summed E-state index contributed by atoms with van der Waals surface area (Å²) in [6, 6.07) is 5.89. The first-order valence-corrected chi connectivity index (χ1v) is 9.11. The third kappa shape index (κ3) is 2.09. The maximum atomic E-state index is 12.6. The minimum absolute atomic E-state index is 0.119. The predicted molar refractivity (Wildman–Crippen MR) is 90.3 cm³/mol. The Kier molecular flexibility index (Phi) is 3.21. The van der Waals surface area contributed by atoms with Crippen molar-refractivity contribution < 1.29 is 9.32 Å². The van der Waals surface area contributed by atoms with Crippen LogP contribution in [0.1, 0.15) is 50.5 Å². The highest BCUT2D eigenvalue weighted by atomic mass is 32.1. The fourth-order valence-corrected chi connectivity index (χ4v) is 5.24. The molecule has 2 aromatic rings. The number of hydrogen-bond donors (Lipinski definition) is 1. The summed E-state index contributed by atoms with van der Waals surface area (Å²) in [7, 11) is 0. The number of carbonyl (C=O) groups excluding carboxylic acids is 1. The molecule has 0 radical (unpaired) electrons. The lowest BCUT2D eigenvalue weighted by atomic mass is 9.69. The zero-order chi connectivity index (χ0) is 16.2. The van der Waals surface area contributed by atoms with Crippen LogP contribution in [0.2, 0.25) is 0 Å². The molecular weight excluding hydrogens is 308 g/mol. The molecule has 2 saturated carbocycles. The van der Waals surface area contributed by atoms with Crippen LogP contribution >= 0.6 is 11.3 Å². The summed E-state index contributed by atoms with van der Waals surface area (Å²) in [6.45, 7) is 7.02. The quantitative estimate of drug-likeness (QED) is 0.910. The molecule has 4 nitrogen and oxygen atoms in total. The van der Waals surface area contributed by atoms with Crippen molar-refractivity contribution in [2.75, 3.05) is 0 Å². The number of carbonyl (C=O) groups is 1. The molecule has 4 rings (SSSR count). The summed E-state index contributed by atoms with van der Waals surface area (Å²) in [5, 5.41) is 9.16. The smallest absolute Gasteiger partial charge is 0.273 e. The van der Waals surface area contributed by atoms with Gasteiger partial charge in [-0.25, -0.2) is 0 Å². The molecule has 0 spiro atoms. The summed E-state index contributed by atoms with van der Waals surface area (Å²) < 4.78 is 5.32. The van der Waals surface area contributed by atoms with Gasteiger partial charge in [0.1, 0.15) is 0 Å². The van der Waals surface area contributed by atoms with E-state index in [1.165, 1.54) is 12.8 Å². The van der Waals surface area contributed by atoms with Crippen LogP contribution in [0.5, 0.6) is 0 Å². The van der Waals surface area contributed by atoms with Crippen molar-refractivity contribution in [2.45, 2.75) is 46.1 Å². The Hall–Kier alpha value is -1.62. The molecule has 0 saturated heterocycles. The molecule has 122 valence electrons. The van der Waals surface area contributed by atoms with Gasteiger partial charge in [-0.3, -0.25) is 4.79 Å². The molecule has 23 heavy (non-hydrogen) atoms. The lowest BCUT2D eigenvalue weighted by Crippen LogP contribution is -2.46. The fourth-order valence-electron chi connectivity index (χ4n) is 4.57. The molecule has 2 aromatic heterocycles. The highest BCUT2D eigenvalue weighted by Gasteiger charge is 2.61. The lowest BCUT2D eigenvalue weighted by Gasteiger charge is -2.39. The first-order chi connectivity index (χ1) is 10.9. The molecule has 2 bridgehead atoms. The number of nitrogens with one attached hydrogen (secondary N) is 1. The number of amides is 1. The minimum Gasteiger partial charge on any atom is -0.355 e. The van der Waals surface area contributed by atoms with Crippen molar-refractivity contribution >= 4 is 17.2 Å². The van der Waals surface area contributed by atoms with E-state index in [9.17, 15) is 4.79 Å². The van der Waals surface area contributed by atoms with E-state index in [-0.39, 0.29) is 22.8 Å². The SMILES string of the molecule is CC1(C)[C@H]2CC[C@@]1(C)[C@@H](NC(=O)c1cc(-c3cccs3)on1)C2. The Bertz CT molecular complexity index is 734. The minimum atomic E-state index is -0.119. The van der Waals surface area contributed by atoms with Crippen molar-refractivity contribution in [1.82, 2.24) is 10.5 Å². The van der Waals surface area contributed by atoms with Crippen LogP contribution in [-0.2, 0) is 0 Å². The molecule has 2 fully saturated rings. The van der Waals surface area contributed by atoms with Gasteiger partial charge in [0.05, 0.1) is 4.88 Å². The highest BCUT2D eigenvalue weighted by Crippen LogP contribution is 2.65. The summed E-state index contributed by atoms with van der Waals surface area (Å²) >= 11 is 1.58. The molecule has 1 N–H and O–H groups in total. The van der Waals surface area contributed by atoms with E-state index in [2.05, 4.69) is 31.2 Å². The molecular formula is C18H22N2O2S. The van der Waals surface area contributed by atoms with Crippen LogP contribution in [0.25, 0.3) is 10.6 Å². The molecule has 3 atom stereocenters. The zero-order valence-corrected chi connectivity index (χ0v) is 14.6. The van der Waals surface area contributed by atoms with E-state index in [0.29, 0.717) is 17.4 Å². The largest absolute Gasteiger partial charge is 0.355 e. The van der Waals surface area contributed by atoms with Gasteiger partial charge in [0.25, 0.3) is 5.91 Å². The zero-order valence-electron chi connectivity index (χ0n) is 13.8. The standard InChI is InChI=1S/C18H22N2O2S/c1-17(2)11-6-7-18(17,3)15(9-11)19-16(21)12-10-13(22-20-12)14-5-4-8-23-14/h4-5,8,10-11,15H,6-7,9H2,1-3H3,(H,19,21)/t11-,15-,18-/m0/s1. The van der Waals surface area contributed by atoms with E-state index in [1.807, 2.05) is 17.5 Å². The molecule has 1 amide bonds. The van der Waals surface area contributed by atoms with E-state index in [4.69, 9.17) is 4.52 Å². The number of rotatable bonds is 3. The predicted octanol–water partition coefficient (Wildman–Crippen LogP) is 4.35. The monoisotopic (exact) mass is 330 g/mol. The summed E-state index contributed by atoms with van der Waals surface area (Å²) in [5.41, 5.74) is 0.836. The van der Waals surface area contributed by atoms with Gasteiger partial charge in [-0.15, -0.1) is 11.3 Å². The van der Waals surface area contributed by atoms with Gasteiger partial charge < -0.3 is 9.84 Å². The summed E-state index contributed by atoms with van der Waals surface area (Å²) in [4.78, 5) is 13.6. The summed E-state index contributed by atoms with van der Waals surface area (Å²) in [5.74, 6) is 1.24. The van der Waals surface area contributed by atoms with Gasteiger partial charge >= 0.3 is 0 Å². The van der Waals surface area contributed by atoms with Crippen LogP contribution in [0.4, 0.5) is 0 Å². The number of aromatic nitrogens is 1. The molecule has 2 heterocycles. The topological polar surface area (TPSA) is 55.1 Å². The van der Waals surface area contributed by atoms with Crippen LogP contribution in [0, 0.1) is 16.7 Å². The van der Waals surface area contributed by atoms with Crippen LogP contribution in [0.3, 0.4) is 0 Å². The Morgan fingerprint density at radius 1 is 1.43 bits per heavy atom. The van der Waals surface area contributed by atoms with E-state index < -0.39 is 0 Å². The van der Waals surface area contributed by atoms with E-state index in [0.717, 1.165) is 11.3 Å². The van der Waals surface area contributed by atoms with Gasteiger partial charge in [0.2, 0.25) is 0 Å². The van der Waals surface area contributed by atoms with Gasteiger partial charge in [-0.1, -0.05) is 32.0 Å². The average molecular weight is 330 g/mol. The Balaban J connectivity index is 1.51. The van der Waals surface area contributed by atoms with Gasteiger partial charge in [0, 0.05) is 12.1 Å². The first kappa shape index (κ1) is 14.9. The number of hydrogen-bond acceptors (Lipinski definition) is 4. The van der Waals surface area contributed by atoms with Crippen molar-refractivity contribution in [2.24, 2.45) is 16.7 Å². The second-order valence-electron chi connectivity index (χ2n) is 7.69. The number of fused-ring (bicyclic) bond motifs is 2. The van der Waals surface area contributed by atoms with Crippen molar-refractivity contribution in [3.05, 3.63) is 29.3 Å². The van der Waals surface area contributed by atoms with E-state index in [1.54, 1.807) is 17.4 Å². The lowest BCUT2D eigenvalue weighted by molar-refractivity contribution is 0.0818. The average Bonchev–Trinajstić information content (AvgIpc) is 3.25. The molecule has 2 aliphatic carbocycles. The van der Waals surface area contributed by atoms with Crippen LogP contribution in [-0.4, -0.2) is 17.1 Å². The van der Waals surface area contributed by atoms with Crippen LogP contribution in [0.15, 0.2) is 28.1 Å². The Morgan fingerprint density at radius 3 is 2.87 bits per heavy atom. The molecule has 0 aromatic carbocycles. The van der Waals surface area contributed by atoms with E-state index >= 15 is 0 Å². The maximum absolute atomic E-state index is 12.6. The Labute approximate surface area is 140 Å². The van der Waals surface area contributed by atoms with Crippen molar-refractivity contribution in [3.63, 3.8) is 0 Å². The second kappa shape index (κ2) is 4.94. The second-order valence-corrected chi connectivity index (χ2v) is 8.64. The molecule has 5 heteroatoms. The van der Waals surface area contributed by atoms with Crippen molar-refractivity contribution in [3.8, 4) is 10.6 Å². The molecule has 2 aliphatic rings. The van der Waals surface area contributed by atoms with Crippen molar-refractivity contribution in [1.29, 1.82) is 0 Å². The highest BCUT2D eigenvalue weighted by molar-refractivity contribution is 7.13. The maximum Gasteiger partial charge on any atom is 0.273 e. The third-order valence-corrected chi connectivity index (χ3v) is 7.49. The van der Waals surface area contributed by atoms with Gasteiger partial charge in [0.15, 0.2) is 11.5 Å². The Morgan fingerprint density at radius 2 is 2.26 bits per heavy atom. The van der Waals surface area contributed by atoms with Gasteiger partial charge in [-0.05, 0) is 47.5 Å². The fraction of sp³-hybridized carbons (Fsp3) is 0.556. The number of nitrogens with zero attached hydrogens (tertiary/aromatic N) is 1. The van der Waals surface area contributed by atoms with Gasteiger partial charge in [-0.2, -0.15) is 0 Å².